The summed E-state index contributed by atoms with van der Waals surface area (Å²) in [5.41, 5.74) is 13.6. The zero-order valence-electron chi connectivity index (χ0n) is 28.5. The fraction of sp³-hybridized carbons (Fsp3) is 0. The second-order valence-corrected chi connectivity index (χ2v) is 13.9. The Bertz CT molecular complexity index is 3460. The molecule has 0 spiro atoms. The lowest BCUT2D eigenvalue weighted by Crippen LogP contribution is -1.96. The molecule has 12 aromatic rings. The Morgan fingerprint density at radius 1 is 0.358 bits per heavy atom. The van der Waals surface area contributed by atoms with E-state index in [4.69, 9.17) is 4.98 Å². The average molecular weight is 676 g/mol. The molecule has 0 amide bonds. The standard InChI is InChI=1S/C48H29N5/c1-2-10-32(11-3-1)51-44-22-18-31(27-40(44)36-24-25-49-29-47(36)51)30-19-23-45-39(26-30)35-13-5-7-15-42(35)52(45)33-20-21-37-38(28-33)34-12-4-8-16-43(34)53-46-17-9-6-14-41(46)50-48(37)53/h1-29H. The minimum atomic E-state index is 0.985. The fourth-order valence-corrected chi connectivity index (χ4v) is 8.77. The SMILES string of the molecule is c1ccc(-n2c3ccc(-c4ccc5c(c4)c4ccccc4n5-c4ccc5c(c4)c4ccccc4n4c6ccccc6nc54)cc3c3ccncc32)cc1. The molecule has 0 aliphatic carbocycles. The van der Waals surface area contributed by atoms with E-state index in [0.29, 0.717) is 0 Å². The van der Waals surface area contributed by atoms with E-state index < -0.39 is 0 Å². The monoisotopic (exact) mass is 675 g/mol. The van der Waals surface area contributed by atoms with Gasteiger partial charge >= 0.3 is 0 Å². The van der Waals surface area contributed by atoms with Gasteiger partial charge in [-0.3, -0.25) is 9.38 Å². The maximum atomic E-state index is 5.13. The van der Waals surface area contributed by atoms with Crippen LogP contribution < -0.4 is 0 Å². The highest BCUT2D eigenvalue weighted by Gasteiger charge is 2.18. The molecule has 53 heavy (non-hydrogen) atoms. The first-order valence-electron chi connectivity index (χ1n) is 18.0. The minimum absolute atomic E-state index is 0.985. The molecule has 5 nitrogen and oxygen atoms in total. The second kappa shape index (κ2) is 10.6. The van der Waals surface area contributed by atoms with Crippen molar-refractivity contribution in [1.29, 1.82) is 0 Å². The van der Waals surface area contributed by atoms with Gasteiger partial charge < -0.3 is 9.13 Å². The van der Waals surface area contributed by atoms with E-state index in [1.807, 2.05) is 12.4 Å². The normalized spacial score (nSPS) is 12.2. The number of hydrogen-bond donors (Lipinski definition) is 0. The van der Waals surface area contributed by atoms with Gasteiger partial charge in [0.25, 0.3) is 0 Å². The Morgan fingerprint density at radius 2 is 0.962 bits per heavy atom. The summed E-state index contributed by atoms with van der Waals surface area (Å²) in [7, 11) is 0. The van der Waals surface area contributed by atoms with E-state index in [0.717, 1.165) is 44.5 Å². The van der Waals surface area contributed by atoms with Crippen LogP contribution in [0.4, 0.5) is 0 Å². The molecule has 0 bridgehead atoms. The van der Waals surface area contributed by atoms with Gasteiger partial charge in [-0.1, -0.05) is 78.9 Å². The van der Waals surface area contributed by atoms with Crippen LogP contribution in [0.15, 0.2) is 176 Å². The second-order valence-electron chi connectivity index (χ2n) is 13.9. The van der Waals surface area contributed by atoms with Crippen molar-refractivity contribution in [2.24, 2.45) is 0 Å². The molecular weight excluding hydrogens is 647 g/mol. The minimum Gasteiger partial charge on any atom is -0.309 e. The van der Waals surface area contributed by atoms with E-state index in [2.05, 4.69) is 182 Å². The Hall–Kier alpha value is -7.24. The molecule has 0 fully saturated rings. The van der Waals surface area contributed by atoms with Crippen LogP contribution in [0.5, 0.6) is 0 Å². The summed E-state index contributed by atoms with van der Waals surface area (Å²) >= 11 is 0. The largest absolute Gasteiger partial charge is 0.309 e. The van der Waals surface area contributed by atoms with E-state index in [-0.39, 0.29) is 0 Å². The summed E-state index contributed by atoms with van der Waals surface area (Å²) in [5.74, 6) is 0. The summed E-state index contributed by atoms with van der Waals surface area (Å²) in [5, 5.41) is 8.43. The van der Waals surface area contributed by atoms with Crippen molar-refractivity contribution < 1.29 is 0 Å². The van der Waals surface area contributed by atoms with Gasteiger partial charge in [0.15, 0.2) is 0 Å². The zero-order chi connectivity index (χ0) is 34.6. The van der Waals surface area contributed by atoms with Crippen molar-refractivity contribution in [3.63, 3.8) is 0 Å². The topological polar surface area (TPSA) is 40.0 Å². The number of para-hydroxylation sites is 5. The molecule has 0 aliphatic heterocycles. The molecule has 5 heteroatoms. The lowest BCUT2D eigenvalue weighted by Gasteiger charge is -2.13. The zero-order valence-corrected chi connectivity index (χ0v) is 28.5. The fourth-order valence-electron chi connectivity index (χ4n) is 8.77. The summed E-state index contributed by atoms with van der Waals surface area (Å²) < 4.78 is 7.03. The number of hydrogen-bond acceptors (Lipinski definition) is 2. The molecule has 0 aliphatic rings. The average Bonchev–Trinajstić information content (AvgIpc) is 3.89. The molecule has 0 saturated heterocycles. The molecule has 7 aromatic carbocycles. The number of benzene rings is 7. The summed E-state index contributed by atoms with van der Waals surface area (Å²) in [6, 6.07) is 59.2. The van der Waals surface area contributed by atoms with Gasteiger partial charge in [-0.25, -0.2) is 4.98 Å². The van der Waals surface area contributed by atoms with Gasteiger partial charge in [0.05, 0.1) is 44.8 Å². The smallest absolute Gasteiger partial charge is 0.146 e. The lowest BCUT2D eigenvalue weighted by atomic mass is 10.0. The molecule has 0 radical (unpaired) electrons. The predicted molar refractivity (Wildman–Crippen MR) is 220 cm³/mol. The molecule has 0 unspecified atom stereocenters. The third-order valence-corrected chi connectivity index (χ3v) is 11.1. The van der Waals surface area contributed by atoms with E-state index in [9.17, 15) is 0 Å². The van der Waals surface area contributed by atoms with Crippen molar-refractivity contribution in [2.75, 3.05) is 0 Å². The van der Waals surface area contributed by atoms with Crippen molar-refractivity contribution >= 4 is 82.0 Å². The molecule has 0 atom stereocenters. The van der Waals surface area contributed by atoms with Gasteiger partial charge in [-0.05, 0) is 101 Å². The summed E-state index contributed by atoms with van der Waals surface area (Å²) in [6.07, 6.45) is 3.86. The number of nitrogens with zero attached hydrogens (tertiary/aromatic N) is 5. The van der Waals surface area contributed by atoms with Crippen LogP contribution >= 0.6 is 0 Å². The maximum Gasteiger partial charge on any atom is 0.146 e. The van der Waals surface area contributed by atoms with Crippen LogP contribution in [-0.4, -0.2) is 23.5 Å². The molecule has 5 aromatic heterocycles. The van der Waals surface area contributed by atoms with Gasteiger partial charge in [-0.2, -0.15) is 0 Å². The number of imidazole rings is 1. The summed E-state index contributed by atoms with van der Waals surface area (Å²) in [6.45, 7) is 0. The number of aromatic nitrogens is 5. The third kappa shape index (κ3) is 3.96. The van der Waals surface area contributed by atoms with Crippen LogP contribution in [-0.2, 0) is 0 Å². The van der Waals surface area contributed by atoms with Gasteiger partial charge in [-0.15, -0.1) is 0 Å². The Balaban J connectivity index is 1.07. The first-order chi connectivity index (χ1) is 26.3. The molecule has 12 rings (SSSR count). The summed E-state index contributed by atoms with van der Waals surface area (Å²) in [4.78, 5) is 9.62. The van der Waals surface area contributed by atoms with Crippen molar-refractivity contribution in [3.8, 4) is 22.5 Å². The van der Waals surface area contributed by atoms with Crippen LogP contribution in [0.3, 0.4) is 0 Å². The lowest BCUT2D eigenvalue weighted by molar-refractivity contribution is 1.17. The van der Waals surface area contributed by atoms with E-state index in [1.165, 1.54) is 60.0 Å². The first-order valence-corrected chi connectivity index (χ1v) is 18.0. The Kier molecular flexibility index (Phi) is 5.71. The number of fused-ring (bicyclic) bond motifs is 14. The third-order valence-electron chi connectivity index (χ3n) is 11.1. The van der Waals surface area contributed by atoms with Crippen LogP contribution in [0.2, 0.25) is 0 Å². The molecule has 0 N–H and O–H groups in total. The molecular formula is C48H29N5. The molecule has 5 heterocycles. The quantitative estimate of drug-likeness (QED) is 0.175. The van der Waals surface area contributed by atoms with Crippen LogP contribution in [0.1, 0.15) is 0 Å². The molecule has 0 saturated carbocycles. The van der Waals surface area contributed by atoms with E-state index in [1.54, 1.807) is 0 Å². The van der Waals surface area contributed by atoms with Crippen LogP contribution in [0, 0.1) is 0 Å². The highest BCUT2D eigenvalue weighted by atomic mass is 15.0. The van der Waals surface area contributed by atoms with Crippen molar-refractivity contribution in [3.05, 3.63) is 176 Å². The Morgan fingerprint density at radius 3 is 1.74 bits per heavy atom. The van der Waals surface area contributed by atoms with Crippen molar-refractivity contribution in [2.45, 2.75) is 0 Å². The van der Waals surface area contributed by atoms with Crippen LogP contribution in [0.25, 0.3) is 104 Å². The van der Waals surface area contributed by atoms with Gasteiger partial charge in [0.1, 0.15) is 5.65 Å². The highest BCUT2D eigenvalue weighted by molar-refractivity contribution is 6.16. The Labute approximate surface area is 303 Å². The molecule has 246 valence electrons. The maximum absolute atomic E-state index is 5.13. The highest BCUT2D eigenvalue weighted by Crippen LogP contribution is 2.40. The number of rotatable bonds is 3. The first kappa shape index (κ1) is 28.5. The van der Waals surface area contributed by atoms with E-state index >= 15 is 0 Å². The van der Waals surface area contributed by atoms with Gasteiger partial charge in [0.2, 0.25) is 0 Å². The predicted octanol–water partition coefficient (Wildman–Crippen LogP) is 12.1. The van der Waals surface area contributed by atoms with Gasteiger partial charge in [0, 0.05) is 49.9 Å². The number of pyridine rings is 2. The van der Waals surface area contributed by atoms with Crippen molar-refractivity contribution in [1.82, 2.24) is 23.5 Å².